The van der Waals surface area contributed by atoms with E-state index in [4.69, 9.17) is 10.00 Å². The summed E-state index contributed by atoms with van der Waals surface area (Å²) in [6, 6.07) is 3.53. The molecular weight excluding hydrogens is 258 g/mol. The van der Waals surface area contributed by atoms with Crippen LogP contribution in [0.15, 0.2) is 6.07 Å². The molecule has 1 aliphatic rings. The number of carbonyl (C=O) groups excluding carboxylic acids is 2. The van der Waals surface area contributed by atoms with Crippen LogP contribution in [0.5, 0.6) is 0 Å². The fourth-order valence-electron chi connectivity index (χ4n) is 2.32. The Kier molecular flexibility index (Phi) is 3.79. The number of hydrogen-bond acceptors (Lipinski definition) is 4. The molecule has 106 valence electrons. The minimum absolute atomic E-state index is 0.0643. The van der Waals surface area contributed by atoms with Crippen molar-refractivity contribution in [3.63, 3.8) is 0 Å². The van der Waals surface area contributed by atoms with Crippen LogP contribution >= 0.6 is 0 Å². The summed E-state index contributed by atoms with van der Waals surface area (Å²) in [4.78, 5) is 25.7. The summed E-state index contributed by atoms with van der Waals surface area (Å²) in [5.74, 6) is -0.636. The van der Waals surface area contributed by atoms with Crippen LogP contribution < -0.4 is 0 Å². The van der Waals surface area contributed by atoms with E-state index in [9.17, 15) is 9.59 Å². The van der Waals surface area contributed by atoms with Gasteiger partial charge in [-0.3, -0.25) is 4.79 Å². The molecule has 20 heavy (non-hydrogen) atoms. The molecule has 0 aliphatic carbocycles. The maximum absolute atomic E-state index is 12.2. The highest BCUT2D eigenvalue weighted by Gasteiger charge is 2.29. The second kappa shape index (κ2) is 5.37. The summed E-state index contributed by atoms with van der Waals surface area (Å²) >= 11 is 0. The number of aromatic nitrogens is 1. The third-order valence-electron chi connectivity index (χ3n) is 3.29. The van der Waals surface area contributed by atoms with Gasteiger partial charge in [-0.15, -0.1) is 0 Å². The Morgan fingerprint density at radius 2 is 2.20 bits per heavy atom. The lowest BCUT2D eigenvalue weighted by Crippen LogP contribution is -2.40. The van der Waals surface area contributed by atoms with Crippen LogP contribution in [0.25, 0.3) is 0 Å². The van der Waals surface area contributed by atoms with Gasteiger partial charge in [-0.05, 0) is 26.8 Å². The highest BCUT2D eigenvalue weighted by Crippen LogP contribution is 2.22. The summed E-state index contributed by atoms with van der Waals surface area (Å²) in [5, 5.41) is 8.71. The average molecular weight is 275 g/mol. The molecule has 1 aromatic rings. The minimum Gasteiger partial charge on any atom is -0.459 e. The van der Waals surface area contributed by atoms with Gasteiger partial charge in [0.25, 0.3) is 5.91 Å². The van der Waals surface area contributed by atoms with E-state index in [-0.39, 0.29) is 18.6 Å². The number of ether oxygens (including phenoxy) is 1. The summed E-state index contributed by atoms with van der Waals surface area (Å²) < 4.78 is 6.99. The number of rotatable bonds is 3. The van der Waals surface area contributed by atoms with Crippen molar-refractivity contribution in [2.24, 2.45) is 0 Å². The van der Waals surface area contributed by atoms with Crippen molar-refractivity contribution < 1.29 is 14.3 Å². The zero-order valence-corrected chi connectivity index (χ0v) is 11.8. The van der Waals surface area contributed by atoms with Crippen molar-refractivity contribution in [1.82, 2.24) is 9.47 Å². The zero-order chi connectivity index (χ0) is 14.9. The van der Waals surface area contributed by atoms with Crippen LogP contribution in [0.4, 0.5) is 0 Å². The van der Waals surface area contributed by atoms with E-state index in [1.807, 2.05) is 10.6 Å². The van der Waals surface area contributed by atoms with Gasteiger partial charge in [-0.25, -0.2) is 4.79 Å². The van der Waals surface area contributed by atoms with Crippen molar-refractivity contribution in [1.29, 1.82) is 5.26 Å². The van der Waals surface area contributed by atoms with Gasteiger partial charge < -0.3 is 14.2 Å². The molecule has 0 aromatic carbocycles. The number of nitriles is 1. The molecule has 1 amide bonds. The molecule has 0 bridgehead atoms. The van der Waals surface area contributed by atoms with Gasteiger partial charge in [0.15, 0.2) is 0 Å². The smallest absolute Gasteiger partial charge is 0.340 e. The first-order valence-electron chi connectivity index (χ1n) is 6.53. The quantitative estimate of drug-likeness (QED) is 0.616. The van der Waals surface area contributed by atoms with Crippen LogP contribution in [0.2, 0.25) is 0 Å². The van der Waals surface area contributed by atoms with Gasteiger partial charge in [0.2, 0.25) is 0 Å². The van der Waals surface area contributed by atoms with E-state index in [1.165, 1.54) is 4.90 Å². The second-order valence-electron chi connectivity index (χ2n) is 5.02. The first kappa shape index (κ1) is 14.1. The van der Waals surface area contributed by atoms with Crippen molar-refractivity contribution in [3.8, 4) is 6.07 Å². The van der Waals surface area contributed by atoms with Gasteiger partial charge in [0, 0.05) is 18.8 Å². The van der Waals surface area contributed by atoms with Gasteiger partial charge in [0.05, 0.1) is 17.7 Å². The molecule has 6 heteroatoms. The van der Waals surface area contributed by atoms with E-state index >= 15 is 0 Å². The van der Waals surface area contributed by atoms with Crippen molar-refractivity contribution in [3.05, 3.63) is 23.0 Å². The SMILES string of the molecule is Cc1c(C(=O)OC(C)C)cc2n1CCN(CC#N)C2=O. The molecule has 0 N–H and O–H groups in total. The molecule has 0 radical (unpaired) electrons. The number of carbonyl (C=O) groups is 2. The van der Waals surface area contributed by atoms with Crippen LogP contribution in [0.3, 0.4) is 0 Å². The lowest BCUT2D eigenvalue weighted by Gasteiger charge is -2.26. The fourth-order valence-corrected chi connectivity index (χ4v) is 2.32. The molecule has 0 unspecified atom stereocenters. The van der Waals surface area contributed by atoms with Gasteiger partial charge in [-0.2, -0.15) is 5.26 Å². The Morgan fingerprint density at radius 1 is 1.50 bits per heavy atom. The first-order chi connectivity index (χ1) is 9.45. The normalized spacial score (nSPS) is 14.2. The fraction of sp³-hybridized carbons (Fsp3) is 0.500. The molecule has 6 nitrogen and oxygen atoms in total. The van der Waals surface area contributed by atoms with Crippen LogP contribution in [0.1, 0.15) is 40.4 Å². The Balaban J connectivity index is 2.34. The maximum atomic E-state index is 12.2. The minimum atomic E-state index is -0.418. The van der Waals surface area contributed by atoms with E-state index < -0.39 is 5.97 Å². The Morgan fingerprint density at radius 3 is 2.80 bits per heavy atom. The van der Waals surface area contributed by atoms with Gasteiger partial charge in [0.1, 0.15) is 12.2 Å². The van der Waals surface area contributed by atoms with E-state index in [1.54, 1.807) is 26.8 Å². The summed E-state index contributed by atoms with van der Waals surface area (Å²) in [6.45, 7) is 6.49. The third kappa shape index (κ3) is 2.39. The van der Waals surface area contributed by atoms with Crippen molar-refractivity contribution >= 4 is 11.9 Å². The van der Waals surface area contributed by atoms with Crippen LogP contribution in [-0.4, -0.2) is 40.5 Å². The largest absolute Gasteiger partial charge is 0.459 e. The summed E-state index contributed by atoms with van der Waals surface area (Å²) in [6.07, 6.45) is -0.204. The number of nitrogens with zero attached hydrogens (tertiary/aromatic N) is 3. The molecule has 0 atom stereocenters. The number of fused-ring (bicyclic) bond motifs is 1. The Bertz CT molecular complexity index is 596. The summed E-state index contributed by atoms with van der Waals surface area (Å²) in [7, 11) is 0. The lowest BCUT2D eigenvalue weighted by atomic mass is 10.2. The van der Waals surface area contributed by atoms with E-state index in [0.717, 1.165) is 5.69 Å². The first-order valence-corrected chi connectivity index (χ1v) is 6.53. The monoisotopic (exact) mass is 275 g/mol. The summed E-state index contributed by atoms with van der Waals surface area (Å²) in [5.41, 5.74) is 1.59. The number of hydrogen-bond donors (Lipinski definition) is 0. The topological polar surface area (TPSA) is 75.3 Å². The molecule has 0 spiro atoms. The number of esters is 1. The molecule has 2 heterocycles. The van der Waals surface area contributed by atoms with Crippen LogP contribution in [0, 0.1) is 18.3 Å². The second-order valence-corrected chi connectivity index (χ2v) is 5.02. The van der Waals surface area contributed by atoms with E-state index in [0.29, 0.717) is 24.3 Å². The number of amides is 1. The maximum Gasteiger partial charge on any atom is 0.340 e. The zero-order valence-electron chi connectivity index (χ0n) is 11.8. The Hall–Kier alpha value is -2.29. The third-order valence-corrected chi connectivity index (χ3v) is 3.29. The van der Waals surface area contributed by atoms with Gasteiger partial charge in [-0.1, -0.05) is 0 Å². The molecule has 0 saturated carbocycles. The van der Waals surface area contributed by atoms with Gasteiger partial charge >= 0.3 is 5.97 Å². The predicted molar refractivity (Wildman–Crippen MR) is 71.2 cm³/mol. The average Bonchev–Trinajstić information content (AvgIpc) is 2.71. The Labute approximate surface area is 117 Å². The highest BCUT2D eigenvalue weighted by atomic mass is 16.5. The molecule has 0 saturated heterocycles. The molecule has 0 fully saturated rings. The van der Waals surface area contributed by atoms with E-state index in [2.05, 4.69) is 0 Å². The van der Waals surface area contributed by atoms with Crippen molar-refractivity contribution in [2.75, 3.05) is 13.1 Å². The molecular formula is C14H17N3O3. The highest BCUT2D eigenvalue weighted by molar-refractivity contribution is 5.99. The van der Waals surface area contributed by atoms with Crippen molar-refractivity contribution in [2.45, 2.75) is 33.4 Å². The lowest BCUT2D eigenvalue weighted by molar-refractivity contribution is 0.0376. The predicted octanol–water partition coefficient (Wildman–Crippen LogP) is 1.34. The van der Waals surface area contributed by atoms with Crippen LogP contribution in [-0.2, 0) is 11.3 Å². The molecule has 2 rings (SSSR count). The standard InChI is InChI=1S/C14H17N3O3/c1-9(2)20-14(19)11-8-12-13(18)16(5-4-15)6-7-17(12)10(11)3/h8-9H,5-7H2,1-3H3. The molecule has 1 aliphatic heterocycles. The molecule has 1 aromatic heterocycles.